The molecule has 0 aromatic carbocycles. The van der Waals surface area contributed by atoms with Gasteiger partial charge >= 0.3 is 0 Å². The molecule has 1 aliphatic carbocycles. The number of rotatable bonds is 3. The highest BCUT2D eigenvalue weighted by atomic mass is 14.3. The lowest BCUT2D eigenvalue weighted by molar-refractivity contribution is 0.478. The topological polar surface area (TPSA) is 0 Å². The van der Waals surface area contributed by atoms with E-state index in [0.29, 0.717) is 0 Å². The van der Waals surface area contributed by atoms with Gasteiger partial charge in [0.25, 0.3) is 0 Å². The fraction of sp³-hybridized carbons (Fsp3) is 0.800. The summed E-state index contributed by atoms with van der Waals surface area (Å²) in [6.45, 7) is 6.21. The largest absolute Gasteiger partial charge is 0.0654 e. The molecule has 0 heteroatoms. The van der Waals surface area contributed by atoms with Crippen molar-refractivity contribution in [1.29, 1.82) is 0 Å². The summed E-state index contributed by atoms with van der Waals surface area (Å²) in [7, 11) is 0. The van der Waals surface area contributed by atoms with Crippen LogP contribution in [0.3, 0.4) is 0 Å². The van der Waals surface area contributed by atoms with E-state index < -0.39 is 0 Å². The van der Waals surface area contributed by atoms with Crippen LogP contribution in [0.5, 0.6) is 0 Å². The van der Waals surface area contributed by atoms with Crippen LogP contribution in [-0.2, 0) is 0 Å². The van der Waals surface area contributed by atoms with E-state index in [0.717, 1.165) is 18.3 Å². The Morgan fingerprint density at radius 1 is 1.60 bits per heavy atom. The summed E-state index contributed by atoms with van der Waals surface area (Å²) in [6.07, 6.45) is 9.11. The van der Waals surface area contributed by atoms with Crippen LogP contribution in [0.1, 0.15) is 39.0 Å². The van der Waals surface area contributed by atoms with E-state index >= 15 is 0 Å². The van der Waals surface area contributed by atoms with Gasteiger partial charge in [0, 0.05) is 0 Å². The summed E-state index contributed by atoms with van der Waals surface area (Å²) < 4.78 is 0. The Kier molecular flexibility index (Phi) is 3.24. The zero-order valence-electron chi connectivity index (χ0n) is 6.97. The van der Waals surface area contributed by atoms with Gasteiger partial charge in [-0.15, -0.1) is 0 Å². The molecule has 0 N–H and O–H groups in total. The predicted octanol–water partition coefficient (Wildman–Crippen LogP) is 3.24. The maximum atomic E-state index is 3.94. The summed E-state index contributed by atoms with van der Waals surface area (Å²) >= 11 is 0. The minimum absolute atomic E-state index is 0.913. The van der Waals surface area contributed by atoms with Crippen molar-refractivity contribution < 1.29 is 0 Å². The lowest BCUT2D eigenvalue weighted by Crippen LogP contribution is -1.94. The van der Waals surface area contributed by atoms with Crippen LogP contribution in [0.2, 0.25) is 0 Å². The van der Waals surface area contributed by atoms with Gasteiger partial charge in [-0.25, -0.2) is 0 Å². The normalized spacial score (nSPS) is 33.0. The van der Waals surface area contributed by atoms with Gasteiger partial charge in [0.05, 0.1) is 0 Å². The van der Waals surface area contributed by atoms with E-state index in [4.69, 9.17) is 0 Å². The first-order valence-corrected chi connectivity index (χ1v) is 4.49. The van der Waals surface area contributed by atoms with Crippen LogP contribution in [0.25, 0.3) is 0 Å². The average Bonchev–Trinajstić information content (AvgIpc) is 2.37. The molecule has 0 aromatic heterocycles. The first-order chi connectivity index (χ1) is 4.86. The molecule has 2 unspecified atom stereocenters. The molecule has 1 rings (SSSR count). The molecule has 1 aliphatic rings. The first-order valence-electron chi connectivity index (χ1n) is 4.49. The van der Waals surface area contributed by atoms with Gasteiger partial charge in [-0.3, -0.25) is 0 Å². The van der Waals surface area contributed by atoms with Crippen LogP contribution in [0.15, 0.2) is 0 Å². The molecule has 1 fully saturated rings. The Bertz CT molecular complexity index is 86.0. The Hall–Kier alpha value is 0. The Morgan fingerprint density at radius 3 is 2.90 bits per heavy atom. The summed E-state index contributed by atoms with van der Waals surface area (Å²) in [5.41, 5.74) is 0. The first kappa shape index (κ1) is 8.10. The molecule has 0 heterocycles. The van der Waals surface area contributed by atoms with Crippen molar-refractivity contribution in [2.24, 2.45) is 11.8 Å². The zero-order chi connectivity index (χ0) is 7.40. The molecule has 0 nitrogen and oxygen atoms in total. The van der Waals surface area contributed by atoms with Crippen molar-refractivity contribution in [3.8, 4) is 0 Å². The highest BCUT2D eigenvalue weighted by Gasteiger charge is 2.22. The lowest BCUT2D eigenvalue weighted by Gasteiger charge is -2.06. The molecule has 0 aliphatic heterocycles. The van der Waals surface area contributed by atoms with Gasteiger partial charge in [-0.2, -0.15) is 0 Å². The van der Waals surface area contributed by atoms with Crippen molar-refractivity contribution in [3.63, 3.8) is 0 Å². The summed E-state index contributed by atoms with van der Waals surface area (Å²) in [4.78, 5) is 0. The fourth-order valence-electron chi connectivity index (χ4n) is 1.85. The fourth-order valence-corrected chi connectivity index (χ4v) is 1.85. The third kappa shape index (κ3) is 2.00. The molecular weight excluding hydrogens is 120 g/mol. The SMILES string of the molecule is [CH2]CC1C[CH]C(CCC)C1. The monoisotopic (exact) mass is 138 g/mol. The summed E-state index contributed by atoms with van der Waals surface area (Å²) in [5, 5.41) is 0. The molecule has 0 aromatic rings. The second-order valence-electron chi connectivity index (χ2n) is 3.41. The smallest absolute Gasteiger partial charge is 0.0352 e. The van der Waals surface area contributed by atoms with Crippen molar-refractivity contribution >= 4 is 0 Å². The van der Waals surface area contributed by atoms with E-state index in [2.05, 4.69) is 20.3 Å². The highest BCUT2D eigenvalue weighted by molar-refractivity contribution is 4.88. The minimum atomic E-state index is 0.913. The standard InChI is InChI=1S/C10H18/c1-3-5-10-7-6-9(4-2)8-10/h7,9-10H,2-6,8H2,1H3. The van der Waals surface area contributed by atoms with E-state index in [1.807, 2.05) is 0 Å². The van der Waals surface area contributed by atoms with Crippen LogP contribution >= 0.6 is 0 Å². The van der Waals surface area contributed by atoms with Crippen LogP contribution < -0.4 is 0 Å². The van der Waals surface area contributed by atoms with Gasteiger partial charge in [0.15, 0.2) is 0 Å². The minimum Gasteiger partial charge on any atom is -0.0654 e. The van der Waals surface area contributed by atoms with Gasteiger partial charge < -0.3 is 0 Å². The third-order valence-electron chi connectivity index (χ3n) is 2.51. The molecular formula is C10H18. The van der Waals surface area contributed by atoms with Crippen molar-refractivity contribution in [1.82, 2.24) is 0 Å². The van der Waals surface area contributed by atoms with Crippen molar-refractivity contribution in [2.75, 3.05) is 0 Å². The van der Waals surface area contributed by atoms with Crippen LogP contribution in [-0.4, -0.2) is 0 Å². The summed E-state index contributed by atoms with van der Waals surface area (Å²) in [6, 6.07) is 0. The molecule has 58 valence electrons. The third-order valence-corrected chi connectivity index (χ3v) is 2.51. The van der Waals surface area contributed by atoms with E-state index in [9.17, 15) is 0 Å². The molecule has 2 atom stereocenters. The zero-order valence-corrected chi connectivity index (χ0v) is 6.97. The van der Waals surface area contributed by atoms with E-state index in [-0.39, 0.29) is 0 Å². The molecule has 10 heavy (non-hydrogen) atoms. The average molecular weight is 138 g/mol. The highest BCUT2D eigenvalue weighted by Crippen LogP contribution is 2.34. The predicted molar refractivity (Wildman–Crippen MR) is 45.4 cm³/mol. The van der Waals surface area contributed by atoms with E-state index in [1.165, 1.54) is 25.7 Å². The molecule has 1 saturated carbocycles. The van der Waals surface area contributed by atoms with Crippen LogP contribution in [0, 0.1) is 25.2 Å². The number of hydrogen-bond donors (Lipinski definition) is 0. The second-order valence-corrected chi connectivity index (χ2v) is 3.41. The van der Waals surface area contributed by atoms with Crippen LogP contribution in [0.4, 0.5) is 0 Å². The van der Waals surface area contributed by atoms with Gasteiger partial charge in [-0.1, -0.05) is 33.1 Å². The van der Waals surface area contributed by atoms with Crippen molar-refractivity contribution in [3.05, 3.63) is 13.3 Å². The Morgan fingerprint density at radius 2 is 2.40 bits per heavy atom. The molecule has 0 saturated heterocycles. The van der Waals surface area contributed by atoms with E-state index in [1.54, 1.807) is 0 Å². The molecule has 0 spiro atoms. The maximum absolute atomic E-state index is 3.94. The summed E-state index contributed by atoms with van der Waals surface area (Å²) in [5.74, 6) is 1.84. The molecule has 2 radical (unpaired) electrons. The van der Waals surface area contributed by atoms with Gasteiger partial charge in [0.2, 0.25) is 0 Å². The molecule has 0 bridgehead atoms. The maximum Gasteiger partial charge on any atom is -0.0352 e. The molecule has 0 amide bonds. The number of hydrogen-bond acceptors (Lipinski definition) is 0. The van der Waals surface area contributed by atoms with Crippen molar-refractivity contribution in [2.45, 2.75) is 39.0 Å². The quantitative estimate of drug-likeness (QED) is 0.561. The van der Waals surface area contributed by atoms with Gasteiger partial charge in [-0.05, 0) is 31.1 Å². The Balaban J connectivity index is 2.15. The second kappa shape index (κ2) is 4.00. The lowest BCUT2D eigenvalue weighted by atomic mass is 9.99. The van der Waals surface area contributed by atoms with Gasteiger partial charge in [0.1, 0.15) is 0 Å². The Labute approximate surface area is 65.0 Å².